The van der Waals surface area contributed by atoms with Gasteiger partial charge in [-0.3, -0.25) is 4.79 Å². The van der Waals surface area contributed by atoms with E-state index in [-0.39, 0.29) is 11.1 Å². The van der Waals surface area contributed by atoms with Gasteiger partial charge in [-0.2, -0.15) is 0 Å². The summed E-state index contributed by atoms with van der Waals surface area (Å²) in [7, 11) is 0.962. The van der Waals surface area contributed by atoms with Crippen LogP contribution in [-0.4, -0.2) is 24.2 Å². The summed E-state index contributed by atoms with van der Waals surface area (Å²) >= 11 is 0. The monoisotopic (exact) mass is 212 g/mol. The summed E-state index contributed by atoms with van der Waals surface area (Å²) < 4.78 is 34.7. The molecule has 4 nitrogen and oxygen atoms in total. The Morgan fingerprint density at radius 1 is 1.40 bits per heavy atom. The highest BCUT2D eigenvalue weighted by atomic mass is 16.5. The van der Waals surface area contributed by atoms with E-state index < -0.39 is 24.7 Å². The van der Waals surface area contributed by atoms with E-state index in [2.05, 4.69) is 4.74 Å². The van der Waals surface area contributed by atoms with Crippen molar-refractivity contribution in [2.75, 3.05) is 7.11 Å². The van der Waals surface area contributed by atoms with E-state index in [0.29, 0.717) is 0 Å². The molecule has 15 heavy (non-hydrogen) atoms. The maximum absolute atomic E-state index is 11.3. The van der Waals surface area contributed by atoms with Gasteiger partial charge >= 0.3 is 11.9 Å². The average molecular weight is 212 g/mol. The average Bonchev–Trinajstić information content (AvgIpc) is 2.37. The molecule has 0 saturated carbocycles. The second-order valence-corrected chi connectivity index (χ2v) is 2.62. The molecule has 1 N–H and O–H groups in total. The highest BCUT2D eigenvalue weighted by Gasteiger charge is 2.03. The Kier molecular flexibility index (Phi) is 2.27. The van der Waals surface area contributed by atoms with Crippen molar-refractivity contribution in [3.63, 3.8) is 0 Å². The van der Waals surface area contributed by atoms with Gasteiger partial charge in [0.2, 0.25) is 0 Å². The van der Waals surface area contributed by atoms with Crippen molar-refractivity contribution in [2.45, 2.75) is 12.7 Å². The quantitative estimate of drug-likeness (QED) is 0.768. The summed E-state index contributed by atoms with van der Waals surface area (Å²) in [5, 5.41) is 8.72. The first-order chi connectivity index (χ1) is 8.64. The molecular formula is C11H12O4. The maximum atomic E-state index is 11.3. The molecule has 80 valence electrons. The molecule has 0 aliphatic carbocycles. The molecule has 0 amide bonds. The Balaban J connectivity index is 3.19. The standard InChI is InChI=1S/C11H12O4/c1-15-10(12)7-4-8-2-5-9(6-3-8)11(13)14/h2-3,5-6H,4,7H2,1H3,(H,13,14)/i4D2,7D2. The highest BCUT2D eigenvalue weighted by molar-refractivity contribution is 5.87. The SMILES string of the molecule is [2H]C([2H])(C(=O)OC)C([2H])([2H])c1ccc(C(=O)O)cc1. The van der Waals surface area contributed by atoms with Crippen LogP contribution in [0.2, 0.25) is 0 Å². The number of methoxy groups -OCH3 is 1. The van der Waals surface area contributed by atoms with Gasteiger partial charge in [0, 0.05) is 11.9 Å². The van der Waals surface area contributed by atoms with Crippen LogP contribution in [0, 0.1) is 0 Å². The van der Waals surface area contributed by atoms with Crippen LogP contribution < -0.4 is 0 Å². The lowest BCUT2D eigenvalue weighted by atomic mass is 10.1. The van der Waals surface area contributed by atoms with E-state index in [9.17, 15) is 9.59 Å². The molecule has 0 heterocycles. The largest absolute Gasteiger partial charge is 0.478 e. The molecule has 1 aromatic carbocycles. The molecule has 1 rings (SSSR count). The van der Waals surface area contributed by atoms with Crippen molar-refractivity contribution < 1.29 is 24.9 Å². The molecule has 1 aromatic rings. The number of hydrogen-bond acceptors (Lipinski definition) is 3. The number of benzene rings is 1. The number of carboxylic acid groups (broad SMARTS) is 1. The van der Waals surface area contributed by atoms with E-state index in [0.717, 1.165) is 31.4 Å². The van der Waals surface area contributed by atoms with Crippen LogP contribution in [-0.2, 0) is 15.9 Å². The molecule has 0 atom stereocenters. The van der Waals surface area contributed by atoms with Crippen LogP contribution in [0.15, 0.2) is 24.3 Å². The molecule has 0 aliphatic heterocycles. The number of aromatic carboxylic acids is 1. The summed E-state index contributed by atoms with van der Waals surface area (Å²) in [5.41, 5.74) is -0.203. The fourth-order valence-electron chi connectivity index (χ4n) is 0.870. The lowest BCUT2D eigenvalue weighted by Crippen LogP contribution is -2.02. The number of hydrogen-bond donors (Lipinski definition) is 1. The normalized spacial score (nSPS) is 15.5. The number of rotatable bonds is 4. The Morgan fingerprint density at radius 3 is 2.47 bits per heavy atom. The van der Waals surface area contributed by atoms with Gasteiger partial charge in [0.05, 0.1) is 12.7 Å². The smallest absolute Gasteiger partial charge is 0.335 e. The third-order valence-corrected chi connectivity index (χ3v) is 1.63. The van der Waals surface area contributed by atoms with Crippen molar-refractivity contribution >= 4 is 11.9 Å². The van der Waals surface area contributed by atoms with Gasteiger partial charge in [-0.25, -0.2) is 4.79 Å². The Bertz CT molecular complexity index is 496. The predicted molar refractivity (Wildman–Crippen MR) is 53.7 cm³/mol. The number of aryl methyl sites for hydroxylation is 1. The fraction of sp³-hybridized carbons (Fsp3) is 0.273. The van der Waals surface area contributed by atoms with Gasteiger partial charge in [0.1, 0.15) is 0 Å². The highest BCUT2D eigenvalue weighted by Crippen LogP contribution is 2.07. The van der Waals surface area contributed by atoms with Crippen molar-refractivity contribution in [1.82, 2.24) is 0 Å². The zero-order chi connectivity index (χ0) is 14.8. The summed E-state index contributed by atoms with van der Waals surface area (Å²) in [6, 6.07) is 4.54. The molecule has 0 fully saturated rings. The molecule has 0 aromatic heterocycles. The third kappa shape index (κ3) is 3.42. The molecular weight excluding hydrogens is 196 g/mol. The van der Waals surface area contributed by atoms with Gasteiger partial charge in [0.25, 0.3) is 0 Å². The van der Waals surface area contributed by atoms with Gasteiger partial charge < -0.3 is 9.84 Å². The number of carbonyl (C=O) groups excluding carboxylic acids is 1. The van der Waals surface area contributed by atoms with Crippen molar-refractivity contribution in [2.24, 2.45) is 0 Å². The van der Waals surface area contributed by atoms with Crippen molar-refractivity contribution in [1.29, 1.82) is 0 Å². The Labute approximate surface area is 93.1 Å². The minimum Gasteiger partial charge on any atom is -0.478 e. The van der Waals surface area contributed by atoms with Crippen LogP contribution in [0.25, 0.3) is 0 Å². The molecule has 4 heteroatoms. The molecule has 0 saturated heterocycles. The predicted octanol–water partition coefficient (Wildman–Crippen LogP) is 1.49. The van der Waals surface area contributed by atoms with Crippen LogP contribution in [0.3, 0.4) is 0 Å². The maximum Gasteiger partial charge on any atom is 0.335 e. The minimum absolute atomic E-state index is 0.0572. The zero-order valence-electron chi connectivity index (χ0n) is 12.0. The van der Waals surface area contributed by atoms with Crippen LogP contribution >= 0.6 is 0 Å². The van der Waals surface area contributed by atoms with Gasteiger partial charge in [-0.15, -0.1) is 0 Å². The van der Waals surface area contributed by atoms with Crippen molar-refractivity contribution in [3.8, 4) is 0 Å². The minimum atomic E-state index is -2.88. The third-order valence-electron chi connectivity index (χ3n) is 1.63. The van der Waals surface area contributed by atoms with Crippen LogP contribution in [0.5, 0.6) is 0 Å². The van der Waals surface area contributed by atoms with Gasteiger partial charge in [0.15, 0.2) is 0 Å². The second kappa shape index (κ2) is 5.14. The van der Waals surface area contributed by atoms with E-state index >= 15 is 0 Å². The van der Waals surface area contributed by atoms with Crippen LogP contribution in [0.1, 0.15) is 27.8 Å². The topological polar surface area (TPSA) is 63.6 Å². The molecule has 0 unspecified atom stereocenters. The van der Waals surface area contributed by atoms with Gasteiger partial charge in [-0.1, -0.05) is 12.1 Å². The van der Waals surface area contributed by atoms with E-state index in [1.807, 2.05) is 0 Å². The summed E-state index contributed by atoms with van der Waals surface area (Å²) in [6.45, 7) is 0. The first kappa shape index (κ1) is 6.61. The fourth-order valence-corrected chi connectivity index (χ4v) is 0.870. The lowest BCUT2D eigenvalue weighted by Gasteiger charge is -2.01. The summed E-state index contributed by atoms with van der Waals surface area (Å²) in [4.78, 5) is 22.0. The zero-order valence-corrected chi connectivity index (χ0v) is 7.98. The second-order valence-electron chi connectivity index (χ2n) is 2.62. The Morgan fingerprint density at radius 2 is 2.00 bits per heavy atom. The van der Waals surface area contributed by atoms with E-state index in [4.69, 9.17) is 10.6 Å². The van der Waals surface area contributed by atoms with Crippen molar-refractivity contribution in [3.05, 3.63) is 35.4 Å². The molecule has 0 radical (unpaired) electrons. The number of carbonyl (C=O) groups is 2. The summed E-state index contributed by atoms with van der Waals surface area (Å²) in [6.07, 6.45) is -5.52. The van der Waals surface area contributed by atoms with Gasteiger partial charge in [-0.05, 0) is 24.1 Å². The Hall–Kier alpha value is -1.84. The molecule has 0 bridgehead atoms. The van der Waals surface area contributed by atoms with E-state index in [1.165, 1.54) is 0 Å². The number of carboxylic acids is 1. The number of esters is 1. The lowest BCUT2D eigenvalue weighted by molar-refractivity contribution is -0.140. The molecule has 0 spiro atoms. The summed E-state index contributed by atoms with van der Waals surface area (Å²) in [5.74, 6) is -2.51. The van der Waals surface area contributed by atoms with E-state index in [1.54, 1.807) is 0 Å². The molecule has 0 aliphatic rings. The first-order valence-electron chi connectivity index (χ1n) is 6.07. The number of ether oxygens (including phenoxy) is 1. The van der Waals surface area contributed by atoms with Crippen LogP contribution in [0.4, 0.5) is 0 Å². The first-order valence-corrected chi connectivity index (χ1v) is 4.07.